The van der Waals surface area contributed by atoms with Crippen LogP contribution in [0.15, 0.2) is 18.2 Å². The number of benzene rings is 1. The first-order chi connectivity index (χ1) is 9.31. The van der Waals surface area contributed by atoms with E-state index in [9.17, 15) is 0 Å². The van der Waals surface area contributed by atoms with Crippen molar-refractivity contribution in [2.24, 2.45) is 0 Å². The van der Waals surface area contributed by atoms with E-state index < -0.39 is 0 Å². The van der Waals surface area contributed by atoms with Crippen LogP contribution >= 0.6 is 0 Å². The van der Waals surface area contributed by atoms with Gasteiger partial charge in [-0.05, 0) is 30.2 Å². The molecule has 1 N–H and O–H groups in total. The molecule has 0 aliphatic carbocycles. The summed E-state index contributed by atoms with van der Waals surface area (Å²) in [4.78, 5) is 0. The third kappa shape index (κ3) is 5.78. The van der Waals surface area contributed by atoms with Gasteiger partial charge in [-0.1, -0.05) is 25.2 Å². The highest BCUT2D eigenvalue weighted by atomic mass is 16.5. The molecule has 1 rings (SSSR count). The van der Waals surface area contributed by atoms with E-state index in [0.29, 0.717) is 13.0 Å². The van der Waals surface area contributed by atoms with Gasteiger partial charge in [0.25, 0.3) is 0 Å². The second kappa shape index (κ2) is 9.43. The van der Waals surface area contributed by atoms with Crippen molar-refractivity contribution in [3.05, 3.63) is 29.3 Å². The first-order valence-corrected chi connectivity index (χ1v) is 6.66. The number of aliphatic hydroxyl groups excluding tert-OH is 1. The van der Waals surface area contributed by atoms with Gasteiger partial charge in [-0.3, -0.25) is 0 Å². The summed E-state index contributed by atoms with van der Waals surface area (Å²) in [6.07, 6.45) is 2.68. The van der Waals surface area contributed by atoms with Crippen LogP contribution < -0.4 is 4.74 Å². The Balaban J connectivity index is 2.75. The van der Waals surface area contributed by atoms with Crippen LogP contribution in [0.25, 0.3) is 0 Å². The molecule has 104 valence electrons. The highest BCUT2D eigenvalue weighted by Gasteiger charge is 2.03. The molecule has 0 heterocycles. The third-order valence-electron chi connectivity index (χ3n) is 2.67. The van der Waals surface area contributed by atoms with E-state index >= 15 is 0 Å². The summed E-state index contributed by atoms with van der Waals surface area (Å²) < 4.78 is 10.9. The van der Waals surface area contributed by atoms with Gasteiger partial charge in [0.2, 0.25) is 0 Å². The molecule has 1 aromatic carbocycles. The first kappa shape index (κ1) is 15.6. The molecular weight excluding hydrogens is 240 g/mol. The summed E-state index contributed by atoms with van der Waals surface area (Å²) in [6, 6.07) is 5.77. The standard InChI is InChI=1S/C16H22O3/c1-3-4-11-19-13-15-12-16(18-2)9-8-14(15)7-5-6-10-17/h8-9,12,17H,3-4,6,10-11,13H2,1-2H3. The number of rotatable bonds is 7. The van der Waals surface area contributed by atoms with Crippen molar-refractivity contribution in [3.8, 4) is 17.6 Å². The van der Waals surface area contributed by atoms with Crippen molar-refractivity contribution >= 4 is 0 Å². The van der Waals surface area contributed by atoms with Crippen molar-refractivity contribution in [1.29, 1.82) is 0 Å². The van der Waals surface area contributed by atoms with Crippen molar-refractivity contribution in [1.82, 2.24) is 0 Å². The highest BCUT2D eigenvalue weighted by Crippen LogP contribution is 2.18. The third-order valence-corrected chi connectivity index (χ3v) is 2.67. The molecule has 0 atom stereocenters. The molecule has 0 bridgehead atoms. The van der Waals surface area contributed by atoms with Crippen LogP contribution in [-0.4, -0.2) is 25.4 Å². The Morgan fingerprint density at radius 3 is 2.84 bits per heavy atom. The molecule has 0 fully saturated rings. The van der Waals surface area contributed by atoms with Gasteiger partial charge < -0.3 is 14.6 Å². The molecule has 0 saturated carbocycles. The lowest BCUT2D eigenvalue weighted by molar-refractivity contribution is 0.118. The Morgan fingerprint density at radius 2 is 2.16 bits per heavy atom. The molecule has 3 nitrogen and oxygen atoms in total. The Morgan fingerprint density at radius 1 is 1.32 bits per heavy atom. The SMILES string of the molecule is CCCCOCc1cc(OC)ccc1C#CCCO. The van der Waals surface area contributed by atoms with E-state index in [2.05, 4.69) is 18.8 Å². The fourth-order valence-electron chi connectivity index (χ4n) is 1.58. The van der Waals surface area contributed by atoms with Crippen LogP contribution in [0, 0.1) is 11.8 Å². The molecular formula is C16H22O3. The molecule has 0 aliphatic rings. The minimum Gasteiger partial charge on any atom is -0.497 e. The maximum Gasteiger partial charge on any atom is 0.119 e. The Labute approximate surface area is 115 Å². The molecule has 0 spiro atoms. The van der Waals surface area contributed by atoms with Gasteiger partial charge in [0.15, 0.2) is 0 Å². The monoisotopic (exact) mass is 262 g/mol. The van der Waals surface area contributed by atoms with Gasteiger partial charge in [0, 0.05) is 18.6 Å². The predicted molar refractivity (Wildman–Crippen MR) is 76.1 cm³/mol. The molecule has 0 radical (unpaired) electrons. The molecule has 0 saturated heterocycles. The van der Waals surface area contributed by atoms with Crippen LogP contribution in [-0.2, 0) is 11.3 Å². The zero-order valence-electron chi connectivity index (χ0n) is 11.7. The topological polar surface area (TPSA) is 38.7 Å². The van der Waals surface area contributed by atoms with Gasteiger partial charge in [-0.15, -0.1) is 0 Å². The molecule has 3 heteroatoms. The van der Waals surface area contributed by atoms with E-state index in [4.69, 9.17) is 14.6 Å². The van der Waals surface area contributed by atoms with Gasteiger partial charge in [0.1, 0.15) is 5.75 Å². The Kier molecular flexibility index (Phi) is 7.72. The summed E-state index contributed by atoms with van der Waals surface area (Å²) in [5.74, 6) is 6.80. The zero-order chi connectivity index (χ0) is 13.9. The van der Waals surface area contributed by atoms with E-state index in [1.807, 2.05) is 18.2 Å². The molecule has 1 aromatic rings. The van der Waals surface area contributed by atoms with Crippen LogP contribution in [0.1, 0.15) is 37.3 Å². The van der Waals surface area contributed by atoms with E-state index in [1.165, 1.54) is 0 Å². The summed E-state index contributed by atoms with van der Waals surface area (Å²) >= 11 is 0. The van der Waals surface area contributed by atoms with Crippen LogP contribution in [0.2, 0.25) is 0 Å². The van der Waals surface area contributed by atoms with Crippen LogP contribution in [0.4, 0.5) is 0 Å². The average molecular weight is 262 g/mol. The maximum atomic E-state index is 8.75. The number of ether oxygens (including phenoxy) is 2. The minimum atomic E-state index is 0.0888. The molecule has 19 heavy (non-hydrogen) atoms. The van der Waals surface area contributed by atoms with Crippen molar-refractivity contribution in [3.63, 3.8) is 0 Å². The van der Waals surface area contributed by atoms with Gasteiger partial charge >= 0.3 is 0 Å². The second-order valence-corrected chi connectivity index (χ2v) is 4.20. The highest BCUT2D eigenvalue weighted by molar-refractivity contribution is 5.45. The van der Waals surface area contributed by atoms with Crippen molar-refractivity contribution in [2.75, 3.05) is 20.3 Å². The summed E-state index contributed by atoms with van der Waals surface area (Å²) in [7, 11) is 1.65. The number of hydrogen-bond acceptors (Lipinski definition) is 3. The fourth-order valence-corrected chi connectivity index (χ4v) is 1.58. The molecule has 0 aliphatic heterocycles. The number of methoxy groups -OCH3 is 1. The van der Waals surface area contributed by atoms with Gasteiger partial charge in [-0.25, -0.2) is 0 Å². The molecule has 0 amide bonds. The van der Waals surface area contributed by atoms with E-state index in [-0.39, 0.29) is 6.61 Å². The van der Waals surface area contributed by atoms with Crippen LogP contribution in [0.5, 0.6) is 5.75 Å². The van der Waals surface area contributed by atoms with Crippen molar-refractivity contribution < 1.29 is 14.6 Å². The lowest BCUT2D eigenvalue weighted by Gasteiger charge is -2.08. The maximum absolute atomic E-state index is 8.75. The average Bonchev–Trinajstić information content (AvgIpc) is 2.45. The van der Waals surface area contributed by atoms with Crippen LogP contribution in [0.3, 0.4) is 0 Å². The largest absolute Gasteiger partial charge is 0.497 e. The predicted octanol–water partition coefficient (Wildman–Crippen LogP) is 2.75. The summed E-state index contributed by atoms with van der Waals surface area (Å²) in [6.45, 7) is 3.53. The van der Waals surface area contributed by atoms with Crippen molar-refractivity contribution in [2.45, 2.75) is 32.8 Å². The number of hydrogen-bond donors (Lipinski definition) is 1. The molecule has 0 unspecified atom stereocenters. The number of aliphatic hydroxyl groups is 1. The lowest BCUT2D eigenvalue weighted by Crippen LogP contribution is -1.98. The summed E-state index contributed by atoms with van der Waals surface area (Å²) in [5, 5.41) is 8.75. The lowest BCUT2D eigenvalue weighted by atomic mass is 10.1. The number of unbranched alkanes of at least 4 members (excludes halogenated alkanes) is 1. The van der Waals surface area contributed by atoms with Gasteiger partial charge in [0.05, 0.1) is 20.3 Å². The van der Waals surface area contributed by atoms with Gasteiger partial charge in [-0.2, -0.15) is 0 Å². The minimum absolute atomic E-state index is 0.0888. The Hall–Kier alpha value is -1.50. The zero-order valence-corrected chi connectivity index (χ0v) is 11.7. The quantitative estimate of drug-likeness (QED) is 0.606. The summed E-state index contributed by atoms with van der Waals surface area (Å²) in [5.41, 5.74) is 1.96. The smallest absolute Gasteiger partial charge is 0.119 e. The molecule has 0 aromatic heterocycles. The van der Waals surface area contributed by atoms with E-state index in [0.717, 1.165) is 36.3 Å². The normalized spacial score (nSPS) is 9.84. The van der Waals surface area contributed by atoms with E-state index in [1.54, 1.807) is 7.11 Å². The second-order valence-electron chi connectivity index (χ2n) is 4.20. The fraction of sp³-hybridized carbons (Fsp3) is 0.500. The Bertz CT molecular complexity index is 429. The first-order valence-electron chi connectivity index (χ1n) is 6.66.